The van der Waals surface area contributed by atoms with Crippen molar-refractivity contribution in [1.29, 1.82) is 0 Å². The molecule has 0 radical (unpaired) electrons. The molecule has 112 valence electrons. The van der Waals surface area contributed by atoms with E-state index in [1.165, 1.54) is 12.1 Å². The number of hydrogen-bond acceptors (Lipinski definition) is 2. The van der Waals surface area contributed by atoms with E-state index in [-0.39, 0.29) is 25.2 Å². The molecule has 1 fully saturated rings. The molecule has 1 heterocycles. The average molecular weight is 290 g/mol. The van der Waals surface area contributed by atoms with Crippen LogP contribution in [0.4, 0.5) is 17.6 Å². The van der Waals surface area contributed by atoms with E-state index >= 15 is 0 Å². The van der Waals surface area contributed by atoms with Crippen LogP contribution in [0.5, 0.6) is 0 Å². The van der Waals surface area contributed by atoms with Gasteiger partial charge in [0.2, 0.25) is 0 Å². The van der Waals surface area contributed by atoms with Crippen molar-refractivity contribution < 1.29 is 17.6 Å². The summed E-state index contributed by atoms with van der Waals surface area (Å²) in [7, 11) is 0. The zero-order valence-electron chi connectivity index (χ0n) is 11.1. The highest BCUT2D eigenvalue weighted by Crippen LogP contribution is 2.34. The lowest BCUT2D eigenvalue weighted by Crippen LogP contribution is -2.38. The van der Waals surface area contributed by atoms with E-state index < -0.39 is 12.1 Å². The fourth-order valence-corrected chi connectivity index (χ4v) is 2.60. The first-order valence-electron chi connectivity index (χ1n) is 6.66. The van der Waals surface area contributed by atoms with Crippen LogP contribution in [0.3, 0.4) is 0 Å². The summed E-state index contributed by atoms with van der Waals surface area (Å²) in [6.07, 6.45) is -3.87. The Balaban J connectivity index is 1.94. The van der Waals surface area contributed by atoms with Crippen LogP contribution in [-0.4, -0.2) is 24.2 Å². The second kappa shape index (κ2) is 6.10. The summed E-state index contributed by atoms with van der Waals surface area (Å²) in [5, 5.41) is 0. The summed E-state index contributed by atoms with van der Waals surface area (Å²) in [5.74, 6) is -1.56. The Labute approximate surface area is 115 Å². The molecule has 0 unspecified atom stereocenters. The van der Waals surface area contributed by atoms with Gasteiger partial charge in [0.25, 0.3) is 0 Å². The van der Waals surface area contributed by atoms with Crippen molar-refractivity contribution in [2.45, 2.75) is 32.1 Å². The highest BCUT2D eigenvalue weighted by atomic mass is 19.4. The Morgan fingerprint density at radius 1 is 1.10 bits per heavy atom. The summed E-state index contributed by atoms with van der Waals surface area (Å²) < 4.78 is 51.1. The third-order valence-electron chi connectivity index (χ3n) is 3.71. The Bertz CT molecular complexity index is 451. The Morgan fingerprint density at radius 3 is 2.25 bits per heavy atom. The maximum atomic E-state index is 13.4. The molecule has 0 aliphatic carbocycles. The molecule has 6 heteroatoms. The highest BCUT2D eigenvalue weighted by Gasteiger charge is 2.40. The van der Waals surface area contributed by atoms with Crippen LogP contribution in [0.2, 0.25) is 0 Å². The Kier molecular flexibility index (Phi) is 4.65. The fraction of sp³-hybridized carbons (Fsp3) is 0.571. The number of nitrogens with zero attached hydrogens (tertiary/aromatic N) is 1. The number of hydrogen-bond donors (Lipinski definition) is 1. The molecule has 1 saturated heterocycles. The summed E-state index contributed by atoms with van der Waals surface area (Å²) >= 11 is 0. The number of halogens is 4. The zero-order chi connectivity index (χ0) is 14.8. The van der Waals surface area contributed by atoms with Gasteiger partial charge >= 0.3 is 6.18 Å². The van der Waals surface area contributed by atoms with Crippen LogP contribution in [0.15, 0.2) is 18.2 Å². The molecule has 1 aliphatic rings. The Hall–Kier alpha value is -1.14. The Morgan fingerprint density at radius 2 is 1.70 bits per heavy atom. The van der Waals surface area contributed by atoms with Crippen LogP contribution in [0.25, 0.3) is 0 Å². The van der Waals surface area contributed by atoms with Crippen LogP contribution < -0.4 is 5.73 Å². The number of benzene rings is 1. The molecular formula is C14H18F4N2. The lowest BCUT2D eigenvalue weighted by molar-refractivity contribution is -0.185. The molecule has 0 saturated carbocycles. The molecule has 20 heavy (non-hydrogen) atoms. The zero-order valence-corrected chi connectivity index (χ0v) is 11.1. The van der Waals surface area contributed by atoms with Crippen molar-refractivity contribution in [3.63, 3.8) is 0 Å². The van der Waals surface area contributed by atoms with E-state index in [0.717, 1.165) is 5.56 Å². The van der Waals surface area contributed by atoms with E-state index in [2.05, 4.69) is 0 Å². The van der Waals surface area contributed by atoms with E-state index in [9.17, 15) is 17.6 Å². The number of likely N-dealkylation sites (tertiary alicyclic amines) is 1. The van der Waals surface area contributed by atoms with Crippen LogP contribution in [0.1, 0.15) is 24.0 Å². The molecule has 0 amide bonds. The van der Waals surface area contributed by atoms with Crippen molar-refractivity contribution >= 4 is 0 Å². The third-order valence-corrected chi connectivity index (χ3v) is 3.71. The van der Waals surface area contributed by atoms with Gasteiger partial charge in [0, 0.05) is 13.1 Å². The lowest BCUT2D eigenvalue weighted by Gasteiger charge is -2.32. The van der Waals surface area contributed by atoms with Gasteiger partial charge in [0.05, 0.1) is 5.92 Å². The van der Waals surface area contributed by atoms with Gasteiger partial charge in [-0.25, -0.2) is 4.39 Å². The topological polar surface area (TPSA) is 29.3 Å². The minimum absolute atomic E-state index is 0.114. The van der Waals surface area contributed by atoms with Gasteiger partial charge in [-0.2, -0.15) is 13.2 Å². The maximum absolute atomic E-state index is 13.4. The quantitative estimate of drug-likeness (QED) is 0.867. The summed E-state index contributed by atoms with van der Waals surface area (Å²) in [6.45, 7) is 1.49. The van der Waals surface area contributed by atoms with Crippen LogP contribution in [0, 0.1) is 11.7 Å². The summed E-state index contributed by atoms with van der Waals surface area (Å²) in [6, 6.07) is 4.59. The van der Waals surface area contributed by atoms with Crippen molar-refractivity contribution in [2.24, 2.45) is 11.7 Å². The molecule has 1 aromatic rings. The maximum Gasteiger partial charge on any atom is 0.391 e. The predicted molar refractivity (Wildman–Crippen MR) is 68.3 cm³/mol. The molecule has 2 nitrogen and oxygen atoms in total. The first-order chi connectivity index (χ1) is 9.38. The van der Waals surface area contributed by atoms with E-state index in [4.69, 9.17) is 5.73 Å². The SMILES string of the molecule is NCc1cc(F)cc(CN2CCC(C(F)(F)F)CC2)c1. The highest BCUT2D eigenvalue weighted by molar-refractivity contribution is 5.24. The number of alkyl halides is 3. The van der Waals surface area contributed by atoms with Gasteiger partial charge in [0.1, 0.15) is 5.82 Å². The second-order valence-electron chi connectivity index (χ2n) is 5.26. The minimum atomic E-state index is -4.10. The molecule has 0 atom stereocenters. The van der Waals surface area contributed by atoms with Gasteiger partial charge in [-0.15, -0.1) is 0 Å². The molecule has 1 aromatic carbocycles. The van der Waals surface area contributed by atoms with Crippen molar-refractivity contribution in [3.05, 3.63) is 35.1 Å². The van der Waals surface area contributed by atoms with Crippen LogP contribution in [-0.2, 0) is 13.1 Å². The molecule has 0 bridgehead atoms. The minimum Gasteiger partial charge on any atom is -0.326 e. The molecule has 1 aliphatic heterocycles. The lowest BCUT2D eigenvalue weighted by atomic mass is 9.96. The normalized spacial score (nSPS) is 18.4. The fourth-order valence-electron chi connectivity index (χ4n) is 2.60. The average Bonchev–Trinajstić information content (AvgIpc) is 2.37. The van der Waals surface area contributed by atoms with E-state index in [1.54, 1.807) is 6.07 Å². The van der Waals surface area contributed by atoms with Gasteiger partial charge in [-0.05, 0) is 49.2 Å². The van der Waals surface area contributed by atoms with Gasteiger partial charge in [-0.3, -0.25) is 4.90 Å². The monoisotopic (exact) mass is 290 g/mol. The summed E-state index contributed by atoms with van der Waals surface area (Å²) in [5.41, 5.74) is 6.94. The van der Waals surface area contributed by atoms with E-state index in [1.807, 2.05) is 4.90 Å². The van der Waals surface area contributed by atoms with Gasteiger partial charge in [0.15, 0.2) is 0 Å². The van der Waals surface area contributed by atoms with Crippen molar-refractivity contribution in [3.8, 4) is 0 Å². The largest absolute Gasteiger partial charge is 0.391 e. The van der Waals surface area contributed by atoms with Crippen LogP contribution >= 0.6 is 0 Å². The molecule has 2 N–H and O–H groups in total. The first kappa shape index (κ1) is 15.3. The molecule has 2 rings (SSSR count). The predicted octanol–water partition coefficient (Wildman–Crippen LogP) is 3.06. The number of piperidine rings is 1. The molecular weight excluding hydrogens is 272 g/mol. The number of rotatable bonds is 3. The van der Waals surface area contributed by atoms with Gasteiger partial charge in [-0.1, -0.05) is 6.07 Å². The molecule has 0 aromatic heterocycles. The number of nitrogens with two attached hydrogens (primary N) is 1. The van der Waals surface area contributed by atoms with Crippen molar-refractivity contribution in [1.82, 2.24) is 4.90 Å². The summed E-state index contributed by atoms with van der Waals surface area (Å²) in [4.78, 5) is 1.93. The second-order valence-corrected chi connectivity index (χ2v) is 5.26. The van der Waals surface area contributed by atoms with Crippen molar-refractivity contribution in [2.75, 3.05) is 13.1 Å². The third kappa shape index (κ3) is 3.93. The van der Waals surface area contributed by atoms with E-state index in [0.29, 0.717) is 25.2 Å². The van der Waals surface area contributed by atoms with Gasteiger partial charge < -0.3 is 5.73 Å². The smallest absolute Gasteiger partial charge is 0.326 e. The molecule has 0 spiro atoms. The standard InChI is InChI=1S/C14H18F4N2/c15-13-6-10(8-19)5-11(7-13)9-20-3-1-12(2-4-20)14(16,17)18/h5-7,12H,1-4,8-9,19H2. The first-order valence-corrected chi connectivity index (χ1v) is 6.66.